The zero-order valence-corrected chi connectivity index (χ0v) is 14.6. The van der Waals surface area contributed by atoms with Gasteiger partial charge in [0.15, 0.2) is 0 Å². The summed E-state index contributed by atoms with van der Waals surface area (Å²) in [5.41, 5.74) is 3.15. The molecular formula is C20H19N5O2. The van der Waals surface area contributed by atoms with Gasteiger partial charge in [-0.1, -0.05) is 12.1 Å². The summed E-state index contributed by atoms with van der Waals surface area (Å²) in [6.07, 6.45) is 3.64. The zero-order valence-electron chi connectivity index (χ0n) is 14.6. The van der Waals surface area contributed by atoms with E-state index in [-0.39, 0.29) is 11.9 Å². The lowest BCUT2D eigenvalue weighted by Crippen LogP contribution is -2.27. The number of urea groups is 1. The molecule has 0 atom stereocenters. The van der Waals surface area contributed by atoms with E-state index in [0.29, 0.717) is 30.9 Å². The van der Waals surface area contributed by atoms with Crippen LogP contribution in [0.3, 0.4) is 0 Å². The number of hydrogen-bond acceptors (Lipinski definition) is 3. The molecule has 4 rings (SSSR count). The summed E-state index contributed by atoms with van der Waals surface area (Å²) in [6, 6.07) is 16.5. The largest absolute Gasteiger partial charge is 0.336 e. The number of rotatable bonds is 5. The van der Waals surface area contributed by atoms with Gasteiger partial charge in [-0.3, -0.25) is 14.4 Å². The second-order valence-electron chi connectivity index (χ2n) is 6.29. The highest BCUT2D eigenvalue weighted by Crippen LogP contribution is 2.20. The van der Waals surface area contributed by atoms with Crippen LogP contribution >= 0.6 is 0 Å². The topological polar surface area (TPSA) is 79.3 Å². The number of hydrogen-bond donors (Lipinski definition) is 2. The van der Waals surface area contributed by atoms with Crippen LogP contribution < -0.4 is 15.5 Å². The van der Waals surface area contributed by atoms with Gasteiger partial charge in [-0.25, -0.2) is 4.79 Å². The SMILES string of the molecule is O=C(Nc1ccc(N2CCNC2=O)cc1)c1ccc(Cn2cccn2)cc1. The van der Waals surface area contributed by atoms with Crippen molar-refractivity contribution >= 4 is 23.3 Å². The molecule has 7 heteroatoms. The van der Waals surface area contributed by atoms with Gasteiger partial charge in [0.25, 0.3) is 5.91 Å². The number of carbonyl (C=O) groups is 2. The second kappa shape index (κ2) is 7.33. The third-order valence-electron chi connectivity index (χ3n) is 4.41. The minimum Gasteiger partial charge on any atom is -0.336 e. The molecule has 0 spiro atoms. The van der Waals surface area contributed by atoms with Crippen LogP contribution in [0.25, 0.3) is 0 Å². The van der Waals surface area contributed by atoms with Gasteiger partial charge in [-0.2, -0.15) is 5.10 Å². The maximum Gasteiger partial charge on any atom is 0.321 e. The second-order valence-corrected chi connectivity index (χ2v) is 6.29. The van der Waals surface area contributed by atoms with Crippen LogP contribution in [-0.2, 0) is 6.54 Å². The first kappa shape index (κ1) is 16.8. The van der Waals surface area contributed by atoms with Crippen LogP contribution in [0.2, 0.25) is 0 Å². The van der Waals surface area contributed by atoms with E-state index in [1.54, 1.807) is 35.4 Å². The molecule has 1 aliphatic rings. The van der Waals surface area contributed by atoms with Crippen molar-refractivity contribution in [2.24, 2.45) is 0 Å². The number of carbonyl (C=O) groups excluding carboxylic acids is 2. The van der Waals surface area contributed by atoms with Crippen LogP contribution in [0, 0.1) is 0 Å². The highest BCUT2D eigenvalue weighted by atomic mass is 16.2. The first-order chi connectivity index (χ1) is 13.2. The van der Waals surface area contributed by atoms with Crippen LogP contribution in [0.1, 0.15) is 15.9 Å². The lowest BCUT2D eigenvalue weighted by Gasteiger charge is -2.14. The molecule has 1 saturated heterocycles. The molecule has 27 heavy (non-hydrogen) atoms. The van der Waals surface area contributed by atoms with E-state index >= 15 is 0 Å². The van der Waals surface area contributed by atoms with Crippen LogP contribution in [0.4, 0.5) is 16.2 Å². The fraction of sp³-hybridized carbons (Fsp3) is 0.150. The maximum absolute atomic E-state index is 12.4. The molecule has 1 fully saturated rings. The van der Waals surface area contributed by atoms with E-state index in [1.165, 1.54) is 0 Å². The molecule has 0 bridgehead atoms. The average Bonchev–Trinajstić information content (AvgIpc) is 3.35. The molecule has 0 radical (unpaired) electrons. The van der Waals surface area contributed by atoms with Crippen molar-refractivity contribution in [3.63, 3.8) is 0 Å². The standard InChI is InChI=1S/C20H19N5O2/c26-19(16-4-2-15(3-5-16)14-24-12-1-10-22-24)23-17-6-8-18(9-7-17)25-13-11-21-20(25)27/h1-10,12H,11,13-14H2,(H,21,27)(H,23,26). The molecule has 7 nitrogen and oxygen atoms in total. The fourth-order valence-electron chi connectivity index (χ4n) is 2.99. The van der Waals surface area contributed by atoms with Crippen molar-refractivity contribution < 1.29 is 9.59 Å². The van der Waals surface area contributed by atoms with E-state index in [9.17, 15) is 9.59 Å². The normalized spacial score (nSPS) is 13.5. The Kier molecular flexibility index (Phi) is 4.57. The Hall–Kier alpha value is -3.61. The monoisotopic (exact) mass is 361 g/mol. The summed E-state index contributed by atoms with van der Waals surface area (Å²) >= 11 is 0. The quantitative estimate of drug-likeness (QED) is 0.733. The van der Waals surface area contributed by atoms with Crippen molar-refractivity contribution in [2.45, 2.75) is 6.54 Å². The summed E-state index contributed by atoms with van der Waals surface area (Å²) in [4.78, 5) is 25.8. The lowest BCUT2D eigenvalue weighted by atomic mass is 10.1. The smallest absolute Gasteiger partial charge is 0.321 e. The highest BCUT2D eigenvalue weighted by molar-refractivity contribution is 6.04. The Balaban J connectivity index is 1.39. The van der Waals surface area contributed by atoms with Crippen molar-refractivity contribution in [3.8, 4) is 0 Å². The summed E-state index contributed by atoms with van der Waals surface area (Å²) in [7, 11) is 0. The number of nitrogens with zero attached hydrogens (tertiary/aromatic N) is 3. The Bertz CT molecular complexity index is 934. The van der Waals surface area contributed by atoms with E-state index in [1.807, 2.05) is 41.2 Å². The molecule has 1 aromatic heterocycles. The van der Waals surface area contributed by atoms with E-state index in [0.717, 1.165) is 11.3 Å². The number of nitrogens with one attached hydrogen (secondary N) is 2. The van der Waals surface area contributed by atoms with Crippen molar-refractivity contribution in [2.75, 3.05) is 23.3 Å². The zero-order chi connectivity index (χ0) is 18.6. The first-order valence-corrected chi connectivity index (χ1v) is 8.72. The molecule has 3 amide bonds. The van der Waals surface area contributed by atoms with Crippen molar-refractivity contribution in [1.29, 1.82) is 0 Å². The maximum atomic E-state index is 12.4. The third kappa shape index (κ3) is 3.82. The summed E-state index contributed by atoms with van der Waals surface area (Å²) in [6.45, 7) is 1.96. The number of benzene rings is 2. The first-order valence-electron chi connectivity index (χ1n) is 8.72. The predicted molar refractivity (Wildman–Crippen MR) is 103 cm³/mol. The predicted octanol–water partition coefficient (Wildman–Crippen LogP) is 2.71. The Morgan fingerprint density at radius 3 is 2.52 bits per heavy atom. The van der Waals surface area contributed by atoms with Crippen LogP contribution in [-0.4, -0.2) is 34.8 Å². The van der Waals surface area contributed by atoms with E-state index in [4.69, 9.17) is 0 Å². The van der Waals surface area contributed by atoms with Crippen molar-refractivity contribution in [1.82, 2.24) is 15.1 Å². The van der Waals surface area contributed by atoms with E-state index in [2.05, 4.69) is 15.7 Å². The highest BCUT2D eigenvalue weighted by Gasteiger charge is 2.20. The van der Waals surface area contributed by atoms with Crippen LogP contribution in [0.15, 0.2) is 67.0 Å². The average molecular weight is 361 g/mol. The molecule has 2 heterocycles. The van der Waals surface area contributed by atoms with Crippen LogP contribution in [0.5, 0.6) is 0 Å². The fourth-order valence-corrected chi connectivity index (χ4v) is 2.99. The van der Waals surface area contributed by atoms with Gasteiger partial charge < -0.3 is 10.6 Å². The van der Waals surface area contributed by atoms with Gasteiger partial charge in [-0.05, 0) is 48.0 Å². The third-order valence-corrected chi connectivity index (χ3v) is 4.41. The lowest BCUT2D eigenvalue weighted by molar-refractivity contribution is 0.102. The molecular weight excluding hydrogens is 342 g/mol. The van der Waals surface area contributed by atoms with E-state index < -0.39 is 0 Å². The van der Waals surface area contributed by atoms with Gasteiger partial charge in [0, 0.05) is 42.4 Å². The number of anilines is 2. The molecule has 2 N–H and O–H groups in total. The summed E-state index contributed by atoms with van der Waals surface area (Å²) < 4.78 is 1.83. The Morgan fingerprint density at radius 1 is 1.11 bits per heavy atom. The Morgan fingerprint density at radius 2 is 1.89 bits per heavy atom. The summed E-state index contributed by atoms with van der Waals surface area (Å²) in [5.74, 6) is -0.174. The molecule has 3 aromatic rings. The molecule has 0 saturated carbocycles. The van der Waals surface area contributed by atoms with Gasteiger partial charge in [0.1, 0.15) is 0 Å². The summed E-state index contributed by atoms with van der Waals surface area (Å²) in [5, 5.41) is 9.82. The Labute approximate surface area is 156 Å². The molecule has 0 unspecified atom stereocenters. The molecule has 1 aliphatic heterocycles. The van der Waals surface area contributed by atoms with Gasteiger partial charge in [0.05, 0.1) is 6.54 Å². The number of aromatic nitrogens is 2. The van der Waals surface area contributed by atoms with Gasteiger partial charge in [0.2, 0.25) is 0 Å². The minimum atomic E-state index is -0.174. The minimum absolute atomic E-state index is 0.0954. The van der Waals surface area contributed by atoms with Crippen molar-refractivity contribution in [3.05, 3.63) is 78.1 Å². The molecule has 0 aliphatic carbocycles. The molecule has 2 aromatic carbocycles. The molecule has 136 valence electrons. The van der Waals surface area contributed by atoms with Gasteiger partial charge in [-0.15, -0.1) is 0 Å². The number of amides is 3. The van der Waals surface area contributed by atoms with Gasteiger partial charge >= 0.3 is 6.03 Å².